The van der Waals surface area contributed by atoms with E-state index in [0.717, 1.165) is 11.6 Å². The first-order valence-electron chi connectivity index (χ1n) is 5.83. The predicted molar refractivity (Wildman–Crippen MR) is 66.4 cm³/mol. The molecular formula is C14H12F4N2. The molecule has 0 aliphatic rings. The molecule has 1 heterocycles. The predicted octanol–water partition coefficient (Wildman–Crippen LogP) is 3.60. The lowest BCUT2D eigenvalue weighted by atomic mass is 9.96. The van der Waals surface area contributed by atoms with Crippen LogP contribution in [0.2, 0.25) is 0 Å². The number of benzene rings is 1. The number of aromatic nitrogens is 1. The smallest absolute Gasteiger partial charge is 0.320 e. The zero-order valence-corrected chi connectivity index (χ0v) is 10.6. The van der Waals surface area contributed by atoms with Gasteiger partial charge in [-0.15, -0.1) is 0 Å². The summed E-state index contributed by atoms with van der Waals surface area (Å²) >= 11 is 0. The maximum absolute atomic E-state index is 13.5. The van der Waals surface area contributed by atoms with Crippen molar-refractivity contribution in [3.63, 3.8) is 0 Å². The van der Waals surface area contributed by atoms with Crippen molar-refractivity contribution in [2.45, 2.75) is 19.1 Å². The number of hydrogen-bond acceptors (Lipinski definition) is 2. The Morgan fingerprint density at radius 1 is 1.20 bits per heavy atom. The molecule has 1 aromatic heterocycles. The molecule has 0 fully saturated rings. The molecule has 2 aromatic rings. The SMILES string of the molecule is Cc1ccncc1C(N)c1ccc(C(F)(F)F)c(F)c1. The largest absolute Gasteiger partial charge is 0.419 e. The molecule has 2 rings (SSSR count). The van der Waals surface area contributed by atoms with Gasteiger partial charge in [0, 0.05) is 12.4 Å². The minimum atomic E-state index is -4.71. The number of nitrogens with two attached hydrogens (primary N) is 1. The third kappa shape index (κ3) is 2.80. The quantitative estimate of drug-likeness (QED) is 0.856. The number of nitrogens with zero attached hydrogens (tertiary/aromatic N) is 1. The van der Waals surface area contributed by atoms with Gasteiger partial charge in [0.05, 0.1) is 11.6 Å². The fourth-order valence-electron chi connectivity index (χ4n) is 1.94. The van der Waals surface area contributed by atoms with Crippen LogP contribution < -0.4 is 5.73 Å². The molecule has 1 atom stereocenters. The molecule has 0 amide bonds. The second-order valence-corrected chi connectivity index (χ2v) is 4.45. The monoisotopic (exact) mass is 284 g/mol. The van der Waals surface area contributed by atoms with Gasteiger partial charge in [0.25, 0.3) is 0 Å². The van der Waals surface area contributed by atoms with Crippen LogP contribution in [0, 0.1) is 12.7 Å². The average molecular weight is 284 g/mol. The van der Waals surface area contributed by atoms with Crippen molar-refractivity contribution in [3.8, 4) is 0 Å². The summed E-state index contributed by atoms with van der Waals surface area (Å²) < 4.78 is 51.0. The van der Waals surface area contributed by atoms with Crippen molar-refractivity contribution in [2.75, 3.05) is 0 Å². The molecule has 0 saturated carbocycles. The van der Waals surface area contributed by atoms with Crippen molar-refractivity contribution in [2.24, 2.45) is 5.73 Å². The zero-order valence-electron chi connectivity index (χ0n) is 10.6. The van der Waals surface area contributed by atoms with Crippen molar-refractivity contribution >= 4 is 0 Å². The van der Waals surface area contributed by atoms with Gasteiger partial charge in [0.15, 0.2) is 0 Å². The van der Waals surface area contributed by atoms with Crippen LogP contribution in [0.3, 0.4) is 0 Å². The molecule has 0 aliphatic carbocycles. The van der Waals surface area contributed by atoms with Crippen LogP contribution in [0.15, 0.2) is 36.7 Å². The van der Waals surface area contributed by atoms with E-state index < -0.39 is 23.6 Å². The van der Waals surface area contributed by atoms with E-state index in [1.807, 2.05) is 0 Å². The van der Waals surface area contributed by atoms with E-state index in [0.29, 0.717) is 11.6 Å². The van der Waals surface area contributed by atoms with E-state index in [-0.39, 0.29) is 5.56 Å². The first kappa shape index (κ1) is 14.5. The van der Waals surface area contributed by atoms with E-state index in [4.69, 9.17) is 5.73 Å². The fourth-order valence-corrected chi connectivity index (χ4v) is 1.94. The van der Waals surface area contributed by atoms with E-state index in [2.05, 4.69) is 4.98 Å². The van der Waals surface area contributed by atoms with Crippen molar-refractivity contribution in [1.82, 2.24) is 4.98 Å². The number of aryl methyl sites for hydroxylation is 1. The van der Waals surface area contributed by atoms with E-state index >= 15 is 0 Å². The number of pyridine rings is 1. The summed E-state index contributed by atoms with van der Waals surface area (Å²) in [5.41, 5.74) is 6.42. The fraction of sp³-hybridized carbons (Fsp3) is 0.214. The molecule has 0 radical (unpaired) electrons. The molecule has 0 bridgehead atoms. The van der Waals surface area contributed by atoms with Gasteiger partial charge in [-0.25, -0.2) is 4.39 Å². The molecular weight excluding hydrogens is 272 g/mol. The maximum atomic E-state index is 13.5. The molecule has 20 heavy (non-hydrogen) atoms. The Hall–Kier alpha value is -1.95. The Bertz CT molecular complexity index is 623. The normalized spacial score (nSPS) is 13.3. The molecule has 1 unspecified atom stereocenters. The number of rotatable bonds is 2. The highest BCUT2D eigenvalue weighted by atomic mass is 19.4. The topological polar surface area (TPSA) is 38.9 Å². The van der Waals surface area contributed by atoms with Crippen LogP contribution >= 0.6 is 0 Å². The Labute approximate surface area is 113 Å². The lowest BCUT2D eigenvalue weighted by Crippen LogP contribution is -2.15. The van der Waals surface area contributed by atoms with Gasteiger partial charge in [-0.05, 0) is 41.8 Å². The molecule has 106 valence electrons. The maximum Gasteiger partial charge on any atom is 0.419 e. The molecule has 0 saturated heterocycles. The third-order valence-corrected chi connectivity index (χ3v) is 3.07. The number of hydrogen-bond donors (Lipinski definition) is 1. The highest BCUT2D eigenvalue weighted by molar-refractivity contribution is 5.36. The molecule has 0 spiro atoms. The van der Waals surface area contributed by atoms with Gasteiger partial charge in [-0.3, -0.25) is 4.98 Å². The third-order valence-electron chi connectivity index (χ3n) is 3.07. The highest BCUT2D eigenvalue weighted by Gasteiger charge is 2.34. The van der Waals surface area contributed by atoms with Gasteiger partial charge in [0.1, 0.15) is 5.82 Å². The van der Waals surface area contributed by atoms with Gasteiger partial charge < -0.3 is 5.73 Å². The van der Waals surface area contributed by atoms with Crippen molar-refractivity contribution in [3.05, 3.63) is 64.7 Å². The molecule has 2 N–H and O–H groups in total. The van der Waals surface area contributed by atoms with Crippen LogP contribution in [0.1, 0.15) is 28.3 Å². The molecule has 0 aliphatic heterocycles. The standard InChI is InChI=1S/C14H12F4N2/c1-8-4-5-20-7-10(8)13(19)9-2-3-11(12(15)6-9)14(16,17)18/h2-7,13H,19H2,1H3. The van der Waals surface area contributed by atoms with Crippen LogP contribution in [-0.2, 0) is 6.18 Å². The van der Waals surface area contributed by atoms with Gasteiger partial charge in [-0.2, -0.15) is 13.2 Å². The summed E-state index contributed by atoms with van der Waals surface area (Å²) in [5.74, 6) is -1.33. The Morgan fingerprint density at radius 2 is 1.90 bits per heavy atom. The summed E-state index contributed by atoms with van der Waals surface area (Å²) in [4.78, 5) is 3.92. The summed E-state index contributed by atoms with van der Waals surface area (Å²) in [6.07, 6.45) is -1.61. The van der Waals surface area contributed by atoms with Gasteiger partial charge >= 0.3 is 6.18 Å². The highest BCUT2D eigenvalue weighted by Crippen LogP contribution is 2.33. The number of alkyl halides is 3. The second-order valence-electron chi connectivity index (χ2n) is 4.45. The summed E-state index contributed by atoms with van der Waals surface area (Å²) in [6, 6.07) is 3.72. The van der Waals surface area contributed by atoms with Crippen LogP contribution in [0.5, 0.6) is 0 Å². The van der Waals surface area contributed by atoms with Crippen LogP contribution in [-0.4, -0.2) is 4.98 Å². The van der Waals surface area contributed by atoms with Gasteiger partial charge in [0.2, 0.25) is 0 Å². The Balaban J connectivity index is 2.40. The Morgan fingerprint density at radius 3 is 2.45 bits per heavy atom. The molecule has 6 heteroatoms. The van der Waals surface area contributed by atoms with Crippen molar-refractivity contribution in [1.29, 1.82) is 0 Å². The second kappa shape index (κ2) is 5.20. The van der Waals surface area contributed by atoms with E-state index in [1.165, 1.54) is 12.3 Å². The van der Waals surface area contributed by atoms with Gasteiger partial charge in [-0.1, -0.05) is 6.07 Å². The van der Waals surface area contributed by atoms with Crippen LogP contribution in [0.25, 0.3) is 0 Å². The summed E-state index contributed by atoms with van der Waals surface area (Å²) in [5, 5.41) is 0. The summed E-state index contributed by atoms with van der Waals surface area (Å²) in [6.45, 7) is 1.80. The molecule has 2 nitrogen and oxygen atoms in total. The van der Waals surface area contributed by atoms with E-state index in [9.17, 15) is 17.6 Å². The van der Waals surface area contributed by atoms with Crippen molar-refractivity contribution < 1.29 is 17.6 Å². The lowest BCUT2D eigenvalue weighted by Gasteiger charge is -2.16. The lowest BCUT2D eigenvalue weighted by molar-refractivity contribution is -0.140. The minimum absolute atomic E-state index is 0.270. The van der Waals surface area contributed by atoms with Crippen LogP contribution in [0.4, 0.5) is 17.6 Å². The number of halogens is 4. The summed E-state index contributed by atoms with van der Waals surface area (Å²) in [7, 11) is 0. The first-order valence-corrected chi connectivity index (χ1v) is 5.83. The average Bonchev–Trinajstić information content (AvgIpc) is 2.37. The molecule has 1 aromatic carbocycles. The zero-order chi connectivity index (χ0) is 14.9. The minimum Gasteiger partial charge on any atom is -0.320 e. The first-order chi connectivity index (χ1) is 9.30. The van der Waals surface area contributed by atoms with E-state index in [1.54, 1.807) is 19.2 Å². The Kier molecular flexibility index (Phi) is 3.76.